The first-order valence-electron chi connectivity index (χ1n) is 11.0. The first-order chi connectivity index (χ1) is 15.8. The average molecular weight is 495 g/mol. The lowest BCUT2D eigenvalue weighted by molar-refractivity contribution is -0.140. The topological polar surface area (TPSA) is 67.9 Å². The third kappa shape index (κ3) is 7.83. The van der Waals surface area contributed by atoms with Crippen LogP contribution in [-0.2, 0) is 22.6 Å². The highest BCUT2D eigenvalue weighted by Crippen LogP contribution is 2.28. The molecule has 0 saturated heterocycles. The van der Waals surface area contributed by atoms with E-state index in [1.807, 2.05) is 18.2 Å². The van der Waals surface area contributed by atoms with E-state index in [4.69, 9.17) is 32.7 Å². The van der Waals surface area contributed by atoms with Gasteiger partial charge in [0.2, 0.25) is 11.8 Å². The molecule has 180 valence electrons. The molecule has 6 nitrogen and oxygen atoms in total. The first kappa shape index (κ1) is 26.8. The van der Waals surface area contributed by atoms with Crippen molar-refractivity contribution in [2.45, 2.75) is 52.1 Å². The molecule has 0 bridgehead atoms. The van der Waals surface area contributed by atoms with Crippen LogP contribution in [0.5, 0.6) is 11.5 Å². The summed E-state index contributed by atoms with van der Waals surface area (Å²) in [4.78, 5) is 27.6. The van der Waals surface area contributed by atoms with Gasteiger partial charge in [-0.1, -0.05) is 48.7 Å². The molecule has 0 heterocycles. The van der Waals surface area contributed by atoms with Gasteiger partial charge in [-0.3, -0.25) is 9.59 Å². The Bertz CT molecular complexity index is 952. The number of hydrogen-bond acceptors (Lipinski definition) is 4. The summed E-state index contributed by atoms with van der Waals surface area (Å²) < 4.78 is 10.6. The van der Waals surface area contributed by atoms with Crippen molar-refractivity contribution < 1.29 is 19.1 Å². The minimum absolute atomic E-state index is 0.144. The highest BCUT2D eigenvalue weighted by molar-refractivity contribution is 6.35. The zero-order chi connectivity index (χ0) is 24.4. The van der Waals surface area contributed by atoms with Gasteiger partial charge >= 0.3 is 0 Å². The summed E-state index contributed by atoms with van der Waals surface area (Å²) in [6.07, 6.45) is 2.58. The molecule has 0 saturated carbocycles. The number of hydrogen-bond donors (Lipinski definition) is 1. The molecule has 0 aliphatic carbocycles. The Hall–Kier alpha value is -2.44. The fourth-order valence-electron chi connectivity index (χ4n) is 3.38. The molecule has 1 unspecified atom stereocenters. The van der Waals surface area contributed by atoms with Crippen LogP contribution in [0.25, 0.3) is 0 Å². The van der Waals surface area contributed by atoms with E-state index < -0.39 is 6.04 Å². The molecule has 0 aliphatic rings. The van der Waals surface area contributed by atoms with E-state index in [2.05, 4.69) is 12.2 Å². The maximum Gasteiger partial charge on any atom is 0.242 e. The summed E-state index contributed by atoms with van der Waals surface area (Å²) in [5, 5.41) is 3.88. The normalized spacial score (nSPS) is 11.6. The Balaban J connectivity index is 2.18. The molecule has 8 heteroatoms. The number of nitrogens with zero attached hydrogens (tertiary/aromatic N) is 1. The number of carbonyl (C=O) groups excluding carboxylic acids is 2. The minimum Gasteiger partial charge on any atom is -0.493 e. The van der Waals surface area contributed by atoms with Crippen molar-refractivity contribution >= 4 is 35.0 Å². The molecule has 2 amide bonds. The van der Waals surface area contributed by atoms with Gasteiger partial charge in [-0.05, 0) is 55.2 Å². The average Bonchev–Trinajstić information content (AvgIpc) is 2.81. The summed E-state index contributed by atoms with van der Waals surface area (Å²) in [5.74, 6) is 0.904. The Kier molecular flexibility index (Phi) is 10.8. The van der Waals surface area contributed by atoms with Gasteiger partial charge in [-0.2, -0.15) is 0 Å². The molecule has 1 N–H and O–H groups in total. The van der Waals surface area contributed by atoms with Crippen molar-refractivity contribution in [3.63, 3.8) is 0 Å². The van der Waals surface area contributed by atoms with Gasteiger partial charge in [-0.25, -0.2) is 0 Å². The monoisotopic (exact) mass is 494 g/mol. The van der Waals surface area contributed by atoms with Crippen molar-refractivity contribution in [2.75, 3.05) is 20.8 Å². The van der Waals surface area contributed by atoms with Crippen molar-refractivity contribution in [2.24, 2.45) is 0 Å². The van der Waals surface area contributed by atoms with E-state index in [9.17, 15) is 9.59 Å². The number of carbonyl (C=O) groups is 2. The molecule has 2 aromatic carbocycles. The van der Waals surface area contributed by atoms with Gasteiger partial charge < -0.3 is 19.7 Å². The molecule has 0 aromatic heterocycles. The van der Waals surface area contributed by atoms with Crippen LogP contribution in [0.1, 0.15) is 44.2 Å². The lowest BCUT2D eigenvalue weighted by Crippen LogP contribution is -2.47. The van der Waals surface area contributed by atoms with Crippen molar-refractivity contribution in [3.8, 4) is 11.5 Å². The van der Waals surface area contributed by atoms with Gasteiger partial charge in [0.05, 0.1) is 14.2 Å². The summed E-state index contributed by atoms with van der Waals surface area (Å²) in [6, 6.07) is 10.1. The fourth-order valence-corrected chi connectivity index (χ4v) is 3.85. The van der Waals surface area contributed by atoms with Crippen LogP contribution >= 0.6 is 23.2 Å². The maximum absolute atomic E-state index is 13.3. The molecule has 0 fully saturated rings. The van der Waals surface area contributed by atoms with E-state index in [0.29, 0.717) is 34.5 Å². The molecule has 0 aliphatic heterocycles. The van der Waals surface area contributed by atoms with Crippen molar-refractivity contribution in [3.05, 3.63) is 57.6 Å². The smallest absolute Gasteiger partial charge is 0.242 e. The zero-order valence-electron chi connectivity index (χ0n) is 19.6. The van der Waals surface area contributed by atoms with Gasteiger partial charge in [0, 0.05) is 29.6 Å². The highest BCUT2D eigenvalue weighted by atomic mass is 35.5. The summed E-state index contributed by atoms with van der Waals surface area (Å²) in [5.41, 5.74) is 1.67. The number of benzene rings is 2. The number of nitrogens with one attached hydrogen (secondary N) is 1. The first-order valence-corrected chi connectivity index (χ1v) is 11.8. The van der Waals surface area contributed by atoms with Crippen molar-refractivity contribution in [1.82, 2.24) is 10.2 Å². The molecular weight excluding hydrogens is 463 g/mol. The van der Waals surface area contributed by atoms with Crippen LogP contribution in [0, 0.1) is 0 Å². The lowest BCUT2D eigenvalue weighted by Gasteiger charge is -2.29. The molecule has 1 atom stereocenters. The molecular formula is C25H32Cl2N2O4. The molecule has 2 rings (SSSR count). The van der Waals surface area contributed by atoms with E-state index in [1.165, 1.54) is 0 Å². The van der Waals surface area contributed by atoms with Crippen LogP contribution < -0.4 is 14.8 Å². The molecule has 2 aromatic rings. The van der Waals surface area contributed by atoms with Crippen LogP contribution in [0.3, 0.4) is 0 Å². The minimum atomic E-state index is -0.647. The van der Waals surface area contributed by atoms with Gasteiger partial charge in [0.15, 0.2) is 11.5 Å². The van der Waals surface area contributed by atoms with Crippen LogP contribution in [0.2, 0.25) is 10.0 Å². The third-order valence-electron chi connectivity index (χ3n) is 5.43. The van der Waals surface area contributed by atoms with Gasteiger partial charge in [-0.15, -0.1) is 0 Å². The number of ether oxygens (including phenoxy) is 2. The number of amides is 2. The SMILES string of the molecule is CCCCNC(=O)C(C)N(Cc1ccc(Cl)cc1Cl)C(=O)CCc1ccc(OC)c(OC)c1. The second kappa shape index (κ2) is 13.3. The van der Waals surface area contributed by atoms with Gasteiger partial charge in [0.1, 0.15) is 6.04 Å². The quantitative estimate of drug-likeness (QED) is 0.407. The number of halogens is 2. The summed E-state index contributed by atoms with van der Waals surface area (Å²) in [7, 11) is 3.15. The number of methoxy groups -OCH3 is 2. The van der Waals surface area contributed by atoms with E-state index in [0.717, 1.165) is 24.0 Å². The predicted molar refractivity (Wildman–Crippen MR) is 132 cm³/mol. The Morgan fingerprint density at radius 2 is 1.79 bits per heavy atom. The molecule has 33 heavy (non-hydrogen) atoms. The van der Waals surface area contributed by atoms with Crippen LogP contribution in [0.15, 0.2) is 36.4 Å². The summed E-state index contributed by atoms with van der Waals surface area (Å²) in [6.45, 7) is 4.58. The van der Waals surface area contributed by atoms with Gasteiger partial charge in [0.25, 0.3) is 0 Å². The lowest BCUT2D eigenvalue weighted by atomic mass is 10.1. The Labute approximate surface area is 206 Å². The fraction of sp³-hybridized carbons (Fsp3) is 0.440. The molecule has 0 spiro atoms. The maximum atomic E-state index is 13.3. The molecule has 0 radical (unpaired) electrons. The highest BCUT2D eigenvalue weighted by Gasteiger charge is 2.26. The standard InChI is InChI=1S/C25H32Cl2N2O4/c1-5-6-13-28-25(31)17(2)29(16-19-9-10-20(26)15-21(19)27)24(30)12-8-18-7-11-22(32-3)23(14-18)33-4/h7,9-11,14-15,17H,5-6,8,12-13,16H2,1-4H3,(H,28,31). The predicted octanol–water partition coefficient (Wildman–Crippen LogP) is 5.28. The summed E-state index contributed by atoms with van der Waals surface area (Å²) >= 11 is 12.4. The van der Waals surface area contributed by atoms with E-state index >= 15 is 0 Å². The zero-order valence-corrected chi connectivity index (χ0v) is 21.1. The van der Waals surface area contributed by atoms with Crippen molar-refractivity contribution in [1.29, 1.82) is 0 Å². The largest absolute Gasteiger partial charge is 0.493 e. The second-order valence-corrected chi connectivity index (χ2v) is 8.61. The third-order valence-corrected chi connectivity index (χ3v) is 6.02. The van der Waals surface area contributed by atoms with Crippen LogP contribution in [-0.4, -0.2) is 43.5 Å². The Morgan fingerprint density at radius 1 is 1.06 bits per heavy atom. The number of unbranched alkanes of at least 4 members (excludes halogenated alkanes) is 1. The Morgan fingerprint density at radius 3 is 2.42 bits per heavy atom. The second-order valence-electron chi connectivity index (χ2n) is 7.77. The van der Waals surface area contributed by atoms with E-state index in [-0.39, 0.29) is 24.8 Å². The van der Waals surface area contributed by atoms with E-state index in [1.54, 1.807) is 44.2 Å². The van der Waals surface area contributed by atoms with Crippen LogP contribution in [0.4, 0.5) is 0 Å². The number of rotatable bonds is 12. The number of aryl methyl sites for hydroxylation is 1.